The molecule has 0 aromatic carbocycles. The highest BCUT2D eigenvalue weighted by Gasteiger charge is 2.31. The summed E-state index contributed by atoms with van der Waals surface area (Å²) in [5.74, 6) is -0.998. The number of methoxy groups -OCH3 is 1. The number of nitrogens with one attached hydrogen (secondary N) is 2. The van der Waals surface area contributed by atoms with Crippen molar-refractivity contribution >= 4 is 11.5 Å². The second-order valence-electron chi connectivity index (χ2n) is 7.37. The maximum atomic E-state index is 14.6. The lowest BCUT2D eigenvalue weighted by Gasteiger charge is -2.16. The molecule has 5 rings (SSSR count). The van der Waals surface area contributed by atoms with Crippen molar-refractivity contribution < 1.29 is 17.9 Å². The normalized spacial score (nSPS) is 21.7. The van der Waals surface area contributed by atoms with E-state index in [1.54, 1.807) is 13.3 Å². The molecule has 3 aromatic heterocycles. The molecule has 1 saturated carbocycles. The molecule has 10 heteroatoms. The van der Waals surface area contributed by atoms with Gasteiger partial charge >= 0.3 is 0 Å². The van der Waals surface area contributed by atoms with E-state index in [2.05, 4.69) is 25.7 Å². The van der Waals surface area contributed by atoms with Crippen LogP contribution in [0.4, 0.5) is 19.0 Å². The van der Waals surface area contributed by atoms with Gasteiger partial charge in [0.25, 0.3) is 0 Å². The van der Waals surface area contributed by atoms with Crippen molar-refractivity contribution in [1.29, 1.82) is 0 Å². The number of nitrogens with zero attached hydrogens (tertiary/aromatic N) is 4. The Morgan fingerprint density at radius 3 is 2.72 bits per heavy atom. The number of aromatic nitrogens is 4. The number of hydrogen-bond donors (Lipinski definition) is 2. The minimum Gasteiger partial charge on any atom is -0.493 e. The van der Waals surface area contributed by atoms with Crippen LogP contribution in [-0.4, -0.2) is 52.0 Å². The number of alkyl halides is 1. The zero-order chi connectivity index (χ0) is 20.1. The van der Waals surface area contributed by atoms with Crippen LogP contribution in [0.2, 0.25) is 0 Å². The van der Waals surface area contributed by atoms with Gasteiger partial charge < -0.3 is 15.4 Å². The van der Waals surface area contributed by atoms with Crippen molar-refractivity contribution in [1.82, 2.24) is 24.9 Å². The monoisotopic (exact) mass is 404 g/mol. The number of ether oxygens (including phenoxy) is 1. The van der Waals surface area contributed by atoms with Gasteiger partial charge in [-0.2, -0.15) is 5.10 Å². The SMILES string of the molecule is COc1cn2ncc(-c3nc(NC4CNCC4F)c(F)cc3F)c2nc1C1CC1. The van der Waals surface area contributed by atoms with E-state index in [0.29, 0.717) is 29.4 Å². The lowest BCUT2D eigenvalue weighted by molar-refractivity contribution is 0.341. The van der Waals surface area contributed by atoms with Gasteiger partial charge in [0.2, 0.25) is 0 Å². The van der Waals surface area contributed by atoms with Crippen molar-refractivity contribution in [3.8, 4) is 17.0 Å². The average molecular weight is 404 g/mol. The van der Waals surface area contributed by atoms with E-state index in [-0.39, 0.29) is 18.1 Å². The van der Waals surface area contributed by atoms with E-state index >= 15 is 0 Å². The first-order chi connectivity index (χ1) is 14.0. The number of anilines is 1. The van der Waals surface area contributed by atoms with E-state index in [1.807, 2.05) is 0 Å². The van der Waals surface area contributed by atoms with Crippen molar-refractivity contribution in [2.24, 2.45) is 0 Å². The van der Waals surface area contributed by atoms with Crippen molar-refractivity contribution in [3.05, 3.63) is 35.8 Å². The standard InChI is InChI=1S/C19H19F3N6O/c1-29-15-8-28-19(27-16(15)9-2-3-9)10(5-24-28)17-11(20)4-12(21)18(26-17)25-14-7-23-6-13(14)22/h4-5,8-9,13-14,23H,2-3,6-7H2,1H3,(H,25,26). The van der Waals surface area contributed by atoms with Crippen LogP contribution in [0.1, 0.15) is 24.5 Å². The van der Waals surface area contributed by atoms with Gasteiger partial charge in [0, 0.05) is 25.1 Å². The molecule has 2 fully saturated rings. The summed E-state index contributed by atoms with van der Waals surface area (Å²) in [7, 11) is 1.56. The molecule has 1 aliphatic heterocycles. The first-order valence-corrected chi connectivity index (χ1v) is 9.45. The third-order valence-corrected chi connectivity index (χ3v) is 5.32. The number of pyridine rings is 1. The Morgan fingerprint density at radius 2 is 2.03 bits per heavy atom. The maximum absolute atomic E-state index is 14.6. The Kier molecular flexibility index (Phi) is 4.30. The minimum atomic E-state index is -1.18. The van der Waals surface area contributed by atoms with Crippen LogP contribution in [0.3, 0.4) is 0 Å². The topological polar surface area (TPSA) is 76.4 Å². The van der Waals surface area contributed by atoms with Gasteiger partial charge in [-0.05, 0) is 12.8 Å². The Bertz CT molecular complexity index is 1080. The number of fused-ring (bicyclic) bond motifs is 1. The second-order valence-corrected chi connectivity index (χ2v) is 7.37. The summed E-state index contributed by atoms with van der Waals surface area (Å²) in [5.41, 5.74) is 1.43. The molecule has 0 bridgehead atoms. The molecule has 2 unspecified atom stereocenters. The van der Waals surface area contributed by atoms with Gasteiger partial charge in [-0.25, -0.2) is 27.7 Å². The third-order valence-electron chi connectivity index (χ3n) is 5.32. The smallest absolute Gasteiger partial charge is 0.168 e. The highest BCUT2D eigenvalue weighted by Crippen LogP contribution is 2.43. The molecular weight excluding hydrogens is 385 g/mol. The molecule has 4 heterocycles. The average Bonchev–Trinajstić information content (AvgIpc) is 3.36. The van der Waals surface area contributed by atoms with Crippen molar-refractivity contribution in [2.45, 2.75) is 31.0 Å². The molecule has 1 aliphatic carbocycles. The fraction of sp³-hybridized carbons (Fsp3) is 0.421. The van der Waals surface area contributed by atoms with E-state index in [0.717, 1.165) is 24.6 Å². The number of rotatable bonds is 5. The minimum absolute atomic E-state index is 0.0929. The molecule has 152 valence electrons. The van der Waals surface area contributed by atoms with Gasteiger partial charge in [0.15, 0.2) is 28.8 Å². The van der Waals surface area contributed by atoms with Gasteiger partial charge in [-0.3, -0.25) is 0 Å². The molecule has 0 spiro atoms. The Hall–Kier alpha value is -2.88. The summed E-state index contributed by atoms with van der Waals surface area (Å²) in [6.45, 7) is 0.509. The summed E-state index contributed by atoms with van der Waals surface area (Å²) < 4.78 is 49.7. The van der Waals surface area contributed by atoms with Crippen LogP contribution in [0.15, 0.2) is 18.5 Å². The summed E-state index contributed by atoms with van der Waals surface area (Å²) in [6, 6.07) is 0.109. The molecule has 29 heavy (non-hydrogen) atoms. The highest BCUT2D eigenvalue weighted by molar-refractivity contribution is 5.76. The molecule has 0 amide bonds. The molecule has 7 nitrogen and oxygen atoms in total. The zero-order valence-electron chi connectivity index (χ0n) is 15.6. The molecule has 2 N–H and O–H groups in total. The highest BCUT2D eigenvalue weighted by atomic mass is 19.1. The number of hydrogen-bond acceptors (Lipinski definition) is 6. The van der Waals surface area contributed by atoms with Gasteiger partial charge in [0.1, 0.15) is 11.9 Å². The summed E-state index contributed by atoms with van der Waals surface area (Å²) in [5, 5.41) is 9.83. The second kappa shape index (κ2) is 6.87. The van der Waals surface area contributed by atoms with Crippen molar-refractivity contribution in [3.63, 3.8) is 0 Å². The van der Waals surface area contributed by atoms with Crippen LogP contribution in [0, 0.1) is 11.6 Å². The number of halogens is 3. The summed E-state index contributed by atoms with van der Waals surface area (Å²) in [4.78, 5) is 8.75. The predicted octanol–water partition coefficient (Wildman–Crippen LogP) is 2.68. The zero-order valence-corrected chi connectivity index (χ0v) is 15.6. The molecule has 0 radical (unpaired) electrons. The van der Waals surface area contributed by atoms with Crippen molar-refractivity contribution in [2.75, 3.05) is 25.5 Å². The molecule has 1 saturated heterocycles. The Morgan fingerprint density at radius 1 is 1.21 bits per heavy atom. The van der Waals surface area contributed by atoms with Crippen LogP contribution in [0.5, 0.6) is 5.75 Å². The maximum Gasteiger partial charge on any atom is 0.168 e. The first-order valence-electron chi connectivity index (χ1n) is 9.45. The van der Waals surface area contributed by atoms with E-state index < -0.39 is 23.8 Å². The third kappa shape index (κ3) is 3.17. The van der Waals surface area contributed by atoms with Crippen LogP contribution >= 0.6 is 0 Å². The largest absolute Gasteiger partial charge is 0.493 e. The quantitative estimate of drug-likeness (QED) is 0.681. The van der Waals surface area contributed by atoms with E-state index in [1.165, 1.54) is 10.7 Å². The van der Waals surface area contributed by atoms with Gasteiger partial charge in [0.05, 0.1) is 36.8 Å². The van der Waals surface area contributed by atoms with Gasteiger partial charge in [-0.1, -0.05) is 0 Å². The molecular formula is C19H19F3N6O. The van der Waals surface area contributed by atoms with Crippen LogP contribution in [0.25, 0.3) is 16.9 Å². The predicted molar refractivity (Wildman–Crippen MR) is 99.8 cm³/mol. The Balaban J connectivity index is 1.59. The van der Waals surface area contributed by atoms with Gasteiger partial charge in [-0.15, -0.1) is 0 Å². The van der Waals surface area contributed by atoms with Crippen LogP contribution < -0.4 is 15.4 Å². The fourth-order valence-corrected chi connectivity index (χ4v) is 3.60. The molecule has 2 atom stereocenters. The molecule has 2 aliphatic rings. The van der Waals surface area contributed by atoms with E-state index in [4.69, 9.17) is 4.74 Å². The lowest BCUT2D eigenvalue weighted by atomic mass is 10.2. The fourth-order valence-electron chi connectivity index (χ4n) is 3.60. The summed E-state index contributed by atoms with van der Waals surface area (Å²) in [6.07, 6.45) is 3.97. The summed E-state index contributed by atoms with van der Waals surface area (Å²) >= 11 is 0. The first kappa shape index (κ1) is 18.2. The molecule has 3 aromatic rings. The van der Waals surface area contributed by atoms with Crippen LogP contribution in [-0.2, 0) is 0 Å². The Labute approximate surface area is 164 Å². The van der Waals surface area contributed by atoms with E-state index in [9.17, 15) is 13.2 Å². The lowest BCUT2D eigenvalue weighted by Crippen LogP contribution is -2.30.